The highest BCUT2D eigenvalue weighted by molar-refractivity contribution is 5.85. The number of hydrogen-bond acceptors (Lipinski definition) is 6. The number of hydrogen-bond donors (Lipinski definition) is 1. The first-order valence-electron chi connectivity index (χ1n) is 7.47. The van der Waals surface area contributed by atoms with Crippen LogP contribution in [-0.4, -0.2) is 33.6 Å². The molecule has 7 nitrogen and oxygen atoms in total. The Balaban J connectivity index is 1.87. The molecule has 132 valence electrons. The number of rotatable bonds is 7. The summed E-state index contributed by atoms with van der Waals surface area (Å²) >= 11 is 0. The summed E-state index contributed by atoms with van der Waals surface area (Å²) in [5.74, 6) is 2.01. The minimum Gasteiger partial charge on any atom is -0.497 e. The van der Waals surface area contributed by atoms with E-state index >= 15 is 0 Å². The third-order valence-corrected chi connectivity index (χ3v) is 3.33. The van der Waals surface area contributed by atoms with Crippen molar-refractivity contribution in [1.82, 2.24) is 5.43 Å². The largest absolute Gasteiger partial charge is 0.497 e. The van der Waals surface area contributed by atoms with Gasteiger partial charge >= 0.3 is 6.09 Å². The quantitative estimate of drug-likeness (QED) is 0.617. The highest BCUT2D eigenvalue weighted by atomic mass is 16.6. The van der Waals surface area contributed by atoms with E-state index in [9.17, 15) is 4.79 Å². The van der Waals surface area contributed by atoms with E-state index in [1.54, 1.807) is 51.7 Å². The number of methoxy groups -OCH3 is 3. The van der Waals surface area contributed by atoms with Gasteiger partial charge in [-0.25, -0.2) is 10.2 Å². The molecule has 0 atom stereocenters. The molecule has 7 heteroatoms. The van der Waals surface area contributed by atoms with Gasteiger partial charge in [0.05, 0.1) is 27.5 Å². The molecule has 0 unspecified atom stereocenters. The van der Waals surface area contributed by atoms with Crippen molar-refractivity contribution in [3.8, 4) is 17.2 Å². The summed E-state index contributed by atoms with van der Waals surface area (Å²) in [7, 11) is 4.71. The van der Waals surface area contributed by atoms with E-state index in [-0.39, 0.29) is 6.61 Å². The lowest BCUT2D eigenvalue weighted by Gasteiger charge is -2.07. The molecule has 0 bridgehead atoms. The summed E-state index contributed by atoms with van der Waals surface area (Å²) in [6.45, 7) is 0.133. The molecule has 25 heavy (non-hydrogen) atoms. The number of amides is 1. The number of nitrogens with zero attached hydrogens (tertiary/aromatic N) is 1. The van der Waals surface area contributed by atoms with Gasteiger partial charge in [-0.05, 0) is 35.9 Å². The van der Waals surface area contributed by atoms with Gasteiger partial charge in [-0.3, -0.25) is 0 Å². The van der Waals surface area contributed by atoms with Gasteiger partial charge in [-0.2, -0.15) is 5.10 Å². The zero-order valence-corrected chi connectivity index (χ0v) is 14.3. The summed E-state index contributed by atoms with van der Waals surface area (Å²) < 4.78 is 20.5. The third-order valence-electron chi connectivity index (χ3n) is 3.33. The van der Waals surface area contributed by atoms with Crippen LogP contribution in [0.1, 0.15) is 11.1 Å². The molecular weight excluding hydrogens is 324 g/mol. The molecule has 1 N–H and O–H groups in total. The standard InChI is InChI=1S/C18H20N2O5/c1-22-15-6-4-13(5-7-15)12-25-18(21)20-19-11-14-10-16(23-2)8-9-17(14)24-3/h4-11H,12H2,1-3H3,(H,20,21)/b19-11+. The fraction of sp³-hybridized carbons (Fsp3) is 0.222. The Morgan fingerprint density at radius 3 is 2.32 bits per heavy atom. The average Bonchev–Trinajstić information content (AvgIpc) is 2.66. The highest BCUT2D eigenvalue weighted by Gasteiger charge is 2.04. The lowest BCUT2D eigenvalue weighted by atomic mass is 10.2. The third kappa shape index (κ3) is 5.42. The number of benzene rings is 2. The van der Waals surface area contributed by atoms with Gasteiger partial charge in [0.15, 0.2) is 0 Å². The number of nitrogens with one attached hydrogen (secondary N) is 1. The molecule has 0 saturated heterocycles. The number of carbonyl (C=O) groups excluding carboxylic acids is 1. The van der Waals surface area contributed by atoms with E-state index in [1.165, 1.54) is 6.21 Å². The van der Waals surface area contributed by atoms with Gasteiger partial charge in [0.1, 0.15) is 23.9 Å². The molecule has 0 heterocycles. The minimum absolute atomic E-state index is 0.133. The van der Waals surface area contributed by atoms with Crippen molar-refractivity contribution in [1.29, 1.82) is 0 Å². The van der Waals surface area contributed by atoms with Crippen molar-refractivity contribution in [2.24, 2.45) is 5.10 Å². The van der Waals surface area contributed by atoms with Crippen LogP contribution in [0.4, 0.5) is 4.79 Å². The Kier molecular flexibility index (Phi) is 6.65. The molecule has 0 fully saturated rings. The molecule has 0 spiro atoms. The summed E-state index contributed by atoms with van der Waals surface area (Å²) in [4.78, 5) is 11.7. The van der Waals surface area contributed by atoms with Gasteiger partial charge in [-0.1, -0.05) is 12.1 Å². The molecule has 0 aliphatic carbocycles. The van der Waals surface area contributed by atoms with Crippen molar-refractivity contribution in [3.05, 3.63) is 53.6 Å². The van der Waals surface area contributed by atoms with Crippen molar-refractivity contribution in [3.63, 3.8) is 0 Å². The maximum absolute atomic E-state index is 11.7. The minimum atomic E-state index is -0.658. The van der Waals surface area contributed by atoms with Gasteiger partial charge < -0.3 is 18.9 Å². The Bertz CT molecular complexity index is 729. The molecular formula is C18H20N2O5. The van der Waals surface area contributed by atoms with Crippen molar-refractivity contribution in [2.75, 3.05) is 21.3 Å². The highest BCUT2D eigenvalue weighted by Crippen LogP contribution is 2.22. The Labute approximate surface area is 146 Å². The predicted octanol–water partition coefficient (Wildman–Crippen LogP) is 2.97. The molecule has 0 aliphatic heterocycles. The van der Waals surface area contributed by atoms with E-state index in [2.05, 4.69) is 10.5 Å². The fourth-order valence-corrected chi connectivity index (χ4v) is 2.00. The van der Waals surface area contributed by atoms with Crippen LogP contribution in [0.15, 0.2) is 47.6 Å². The average molecular weight is 344 g/mol. The van der Waals surface area contributed by atoms with Crippen LogP contribution in [-0.2, 0) is 11.3 Å². The molecule has 0 aliphatic rings. The SMILES string of the molecule is COc1ccc(COC(=O)N/N=C/c2cc(OC)ccc2OC)cc1. The summed E-state index contributed by atoms with van der Waals surface area (Å²) in [6, 6.07) is 12.5. The smallest absolute Gasteiger partial charge is 0.428 e. The Hall–Kier alpha value is -3.22. The summed E-state index contributed by atoms with van der Waals surface area (Å²) in [5, 5.41) is 3.86. The predicted molar refractivity (Wildman–Crippen MR) is 93.5 cm³/mol. The maximum atomic E-state index is 11.7. The normalized spacial score (nSPS) is 10.4. The Morgan fingerprint density at radius 1 is 1.00 bits per heavy atom. The van der Waals surface area contributed by atoms with Gasteiger partial charge in [-0.15, -0.1) is 0 Å². The molecule has 0 radical (unpaired) electrons. The van der Waals surface area contributed by atoms with Crippen molar-refractivity contribution < 1.29 is 23.7 Å². The van der Waals surface area contributed by atoms with E-state index in [4.69, 9.17) is 18.9 Å². The number of ether oxygens (including phenoxy) is 4. The fourth-order valence-electron chi connectivity index (χ4n) is 2.00. The monoisotopic (exact) mass is 344 g/mol. The van der Waals surface area contributed by atoms with Crippen LogP contribution < -0.4 is 19.6 Å². The zero-order valence-electron chi connectivity index (χ0n) is 14.3. The molecule has 0 aromatic heterocycles. The molecule has 0 saturated carbocycles. The summed E-state index contributed by atoms with van der Waals surface area (Å²) in [6.07, 6.45) is 0.796. The van der Waals surface area contributed by atoms with Crippen LogP contribution in [0.2, 0.25) is 0 Å². The first kappa shape index (κ1) is 18.1. The lowest BCUT2D eigenvalue weighted by molar-refractivity contribution is 0.140. The zero-order chi connectivity index (χ0) is 18.1. The van der Waals surface area contributed by atoms with Crippen LogP contribution in [0, 0.1) is 0 Å². The number of carbonyl (C=O) groups is 1. The molecule has 2 aromatic rings. The van der Waals surface area contributed by atoms with E-state index in [1.807, 2.05) is 12.1 Å². The maximum Gasteiger partial charge on any atom is 0.428 e. The summed E-state index contributed by atoms with van der Waals surface area (Å²) in [5.41, 5.74) is 3.81. The molecule has 2 aromatic carbocycles. The van der Waals surface area contributed by atoms with Crippen LogP contribution in [0.3, 0.4) is 0 Å². The first-order chi connectivity index (χ1) is 12.2. The second kappa shape index (κ2) is 9.17. The van der Waals surface area contributed by atoms with Crippen molar-refractivity contribution in [2.45, 2.75) is 6.61 Å². The van der Waals surface area contributed by atoms with Crippen molar-refractivity contribution >= 4 is 12.3 Å². The van der Waals surface area contributed by atoms with E-state index in [0.29, 0.717) is 17.1 Å². The van der Waals surface area contributed by atoms with Gasteiger partial charge in [0, 0.05) is 5.56 Å². The van der Waals surface area contributed by atoms with Crippen LogP contribution in [0.25, 0.3) is 0 Å². The number of hydrazone groups is 1. The van der Waals surface area contributed by atoms with E-state index in [0.717, 1.165) is 11.3 Å². The van der Waals surface area contributed by atoms with E-state index < -0.39 is 6.09 Å². The molecule has 2 rings (SSSR count). The molecule has 1 amide bonds. The first-order valence-corrected chi connectivity index (χ1v) is 7.47. The van der Waals surface area contributed by atoms with Gasteiger partial charge in [0.25, 0.3) is 0 Å². The second-order valence-electron chi connectivity index (χ2n) is 4.90. The van der Waals surface area contributed by atoms with Crippen LogP contribution in [0.5, 0.6) is 17.2 Å². The van der Waals surface area contributed by atoms with Gasteiger partial charge in [0.2, 0.25) is 0 Å². The Morgan fingerprint density at radius 2 is 1.68 bits per heavy atom. The second-order valence-corrected chi connectivity index (χ2v) is 4.90. The topological polar surface area (TPSA) is 78.4 Å². The lowest BCUT2D eigenvalue weighted by Crippen LogP contribution is -2.18. The van der Waals surface area contributed by atoms with Crippen LogP contribution >= 0.6 is 0 Å².